The van der Waals surface area contributed by atoms with Crippen molar-refractivity contribution in [2.75, 3.05) is 5.32 Å². The van der Waals surface area contributed by atoms with E-state index in [9.17, 15) is 0 Å². The van der Waals surface area contributed by atoms with Crippen molar-refractivity contribution >= 4 is 59.9 Å². The molecule has 0 atom stereocenters. The number of benzene rings is 2. The van der Waals surface area contributed by atoms with Gasteiger partial charge in [0, 0.05) is 9.50 Å². The van der Waals surface area contributed by atoms with Crippen molar-refractivity contribution in [3.05, 3.63) is 51.5 Å². The van der Waals surface area contributed by atoms with Gasteiger partial charge in [-0.2, -0.15) is 0 Å². The average molecular weight is 354 g/mol. The summed E-state index contributed by atoms with van der Waals surface area (Å²) in [5, 5.41) is 4.89. The third kappa shape index (κ3) is 2.76. The van der Waals surface area contributed by atoms with Gasteiger partial charge in [0.2, 0.25) is 0 Å². The zero-order valence-corrected chi connectivity index (χ0v) is 13.2. The molecule has 1 aromatic heterocycles. The lowest BCUT2D eigenvalue weighted by Crippen LogP contribution is -1.89. The van der Waals surface area contributed by atoms with Crippen LogP contribution in [-0.4, -0.2) is 4.98 Å². The minimum Gasteiger partial charge on any atom is -0.331 e. The first-order chi connectivity index (χ1) is 9.11. The highest BCUT2D eigenvalue weighted by molar-refractivity contribution is 9.10. The standard InChI is InChI=1S/C14H10BrClN2S/c1-8-2-4-12-13(6-8)19-14(18-12)17-11-5-3-9(16)7-10(11)15/h2-7H,1H3,(H,17,18). The summed E-state index contributed by atoms with van der Waals surface area (Å²) >= 11 is 11.1. The van der Waals surface area contributed by atoms with Crippen LogP contribution >= 0.6 is 38.9 Å². The Labute approximate surface area is 128 Å². The quantitative estimate of drug-likeness (QED) is 0.633. The number of aromatic nitrogens is 1. The maximum atomic E-state index is 5.93. The molecule has 0 saturated heterocycles. The van der Waals surface area contributed by atoms with Crippen LogP contribution in [0.15, 0.2) is 40.9 Å². The number of nitrogens with one attached hydrogen (secondary N) is 1. The van der Waals surface area contributed by atoms with Crippen LogP contribution in [0.1, 0.15) is 5.56 Å². The second-order valence-electron chi connectivity index (χ2n) is 4.24. The number of thiazole rings is 1. The molecule has 3 aromatic rings. The van der Waals surface area contributed by atoms with Gasteiger partial charge in [0.25, 0.3) is 0 Å². The van der Waals surface area contributed by atoms with Crippen molar-refractivity contribution in [1.29, 1.82) is 0 Å². The van der Waals surface area contributed by atoms with Crippen LogP contribution in [0.3, 0.4) is 0 Å². The Morgan fingerprint density at radius 1 is 1.21 bits per heavy atom. The second kappa shape index (κ2) is 5.12. The van der Waals surface area contributed by atoms with Crippen molar-refractivity contribution in [2.45, 2.75) is 6.92 Å². The van der Waals surface area contributed by atoms with Crippen molar-refractivity contribution in [3.8, 4) is 0 Å². The molecule has 0 unspecified atom stereocenters. The smallest absolute Gasteiger partial charge is 0.188 e. The Kier molecular flexibility index (Phi) is 3.48. The maximum absolute atomic E-state index is 5.93. The summed E-state index contributed by atoms with van der Waals surface area (Å²) < 4.78 is 2.11. The van der Waals surface area contributed by atoms with E-state index in [1.54, 1.807) is 11.3 Å². The summed E-state index contributed by atoms with van der Waals surface area (Å²) in [6.45, 7) is 2.09. The summed E-state index contributed by atoms with van der Waals surface area (Å²) in [4.78, 5) is 4.57. The van der Waals surface area contributed by atoms with Gasteiger partial charge in [0.15, 0.2) is 5.13 Å². The molecule has 0 saturated carbocycles. The van der Waals surface area contributed by atoms with Gasteiger partial charge in [-0.3, -0.25) is 0 Å². The van der Waals surface area contributed by atoms with Crippen molar-refractivity contribution in [1.82, 2.24) is 4.98 Å². The Morgan fingerprint density at radius 2 is 2.05 bits per heavy atom. The molecule has 0 amide bonds. The number of aryl methyl sites for hydroxylation is 1. The topological polar surface area (TPSA) is 24.9 Å². The molecule has 0 aliphatic carbocycles. The first kappa shape index (κ1) is 12.9. The third-order valence-corrected chi connectivity index (χ3v) is 4.54. The number of hydrogen-bond acceptors (Lipinski definition) is 3. The number of hydrogen-bond donors (Lipinski definition) is 1. The van der Waals surface area contributed by atoms with Crippen LogP contribution < -0.4 is 5.32 Å². The van der Waals surface area contributed by atoms with Gasteiger partial charge in [0.05, 0.1) is 15.9 Å². The Bertz CT molecular complexity index is 754. The summed E-state index contributed by atoms with van der Waals surface area (Å²) in [5.74, 6) is 0. The van der Waals surface area contributed by atoms with Gasteiger partial charge < -0.3 is 5.32 Å². The summed E-state index contributed by atoms with van der Waals surface area (Å²) in [6.07, 6.45) is 0. The van der Waals surface area contributed by atoms with Crippen LogP contribution in [0.2, 0.25) is 5.02 Å². The minimum absolute atomic E-state index is 0.706. The highest BCUT2D eigenvalue weighted by atomic mass is 79.9. The van der Waals surface area contributed by atoms with E-state index in [0.29, 0.717) is 5.02 Å². The van der Waals surface area contributed by atoms with E-state index in [0.717, 1.165) is 20.8 Å². The van der Waals surface area contributed by atoms with E-state index in [1.807, 2.05) is 24.3 Å². The number of rotatable bonds is 2. The number of anilines is 2. The highest BCUT2D eigenvalue weighted by Gasteiger charge is 2.06. The summed E-state index contributed by atoms with van der Waals surface area (Å²) in [6, 6.07) is 11.9. The molecule has 1 heterocycles. The second-order valence-corrected chi connectivity index (χ2v) is 6.56. The molecule has 0 spiro atoms. The Morgan fingerprint density at radius 3 is 2.84 bits per heavy atom. The predicted molar refractivity (Wildman–Crippen MR) is 86.8 cm³/mol. The van der Waals surface area contributed by atoms with Crippen LogP contribution in [0.25, 0.3) is 10.2 Å². The van der Waals surface area contributed by atoms with Gasteiger partial charge in [-0.15, -0.1) is 0 Å². The molecule has 0 bridgehead atoms. The molecule has 5 heteroatoms. The van der Waals surface area contributed by atoms with E-state index in [4.69, 9.17) is 11.6 Å². The molecule has 2 nitrogen and oxygen atoms in total. The average Bonchev–Trinajstić information content (AvgIpc) is 2.74. The summed E-state index contributed by atoms with van der Waals surface area (Å²) in [5.41, 5.74) is 3.22. The molecular weight excluding hydrogens is 344 g/mol. The Balaban J connectivity index is 1.96. The number of nitrogens with zero attached hydrogens (tertiary/aromatic N) is 1. The lowest BCUT2D eigenvalue weighted by molar-refractivity contribution is 1.42. The molecule has 2 aromatic carbocycles. The number of halogens is 2. The van der Waals surface area contributed by atoms with Crippen molar-refractivity contribution in [3.63, 3.8) is 0 Å². The highest BCUT2D eigenvalue weighted by Crippen LogP contribution is 2.32. The van der Waals surface area contributed by atoms with Gasteiger partial charge in [-0.05, 0) is 58.7 Å². The predicted octanol–water partition coefficient (Wildman–Crippen LogP) is 5.76. The zero-order valence-electron chi connectivity index (χ0n) is 10.1. The van der Waals surface area contributed by atoms with Crippen LogP contribution in [0.5, 0.6) is 0 Å². The minimum atomic E-state index is 0.706. The van der Waals surface area contributed by atoms with E-state index in [2.05, 4.69) is 45.3 Å². The molecule has 0 fully saturated rings. The molecule has 19 heavy (non-hydrogen) atoms. The summed E-state index contributed by atoms with van der Waals surface area (Å²) in [7, 11) is 0. The SMILES string of the molecule is Cc1ccc2nc(Nc3ccc(Cl)cc3Br)sc2c1. The van der Waals surface area contributed by atoms with E-state index in [-0.39, 0.29) is 0 Å². The lowest BCUT2D eigenvalue weighted by atomic mass is 10.2. The van der Waals surface area contributed by atoms with Gasteiger partial charge in [0.1, 0.15) is 0 Å². The van der Waals surface area contributed by atoms with Crippen molar-refractivity contribution in [2.24, 2.45) is 0 Å². The number of fused-ring (bicyclic) bond motifs is 1. The van der Waals surface area contributed by atoms with Gasteiger partial charge in [-0.1, -0.05) is 29.0 Å². The normalized spacial score (nSPS) is 10.9. The van der Waals surface area contributed by atoms with Crippen LogP contribution in [-0.2, 0) is 0 Å². The fraction of sp³-hybridized carbons (Fsp3) is 0.0714. The van der Waals surface area contributed by atoms with Crippen LogP contribution in [0, 0.1) is 6.92 Å². The zero-order chi connectivity index (χ0) is 13.4. The molecule has 0 aliphatic heterocycles. The van der Waals surface area contributed by atoms with E-state index >= 15 is 0 Å². The van der Waals surface area contributed by atoms with Gasteiger partial charge in [-0.25, -0.2) is 4.98 Å². The molecule has 1 N–H and O–H groups in total. The first-order valence-electron chi connectivity index (χ1n) is 5.71. The van der Waals surface area contributed by atoms with Crippen LogP contribution in [0.4, 0.5) is 10.8 Å². The fourth-order valence-corrected chi connectivity index (χ4v) is 3.55. The maximum Gasteiger partial charge on any atom is 0.188 e. The van der Waals surface area contributed by atoms with Crippen molar-refractivity contribution < 1.29 is 0 Å². The molecule has 96 valence electrons. The molecular formula is C14H10BrClN2S. The molecule has 3 rings (SSSR count). The largest absolute Gasteiger partial charge is 0.331 e. The monoisotopic (exact) mass is 352 g/mol. The first-order valence-corrected chi connectivity index (χ1v) is 7.70. The van der Waals surface area contributed by atoms with E-state index < -0.39 is 0 Å². The fourth-order valence-electron chi connectivity index (χ4n) is 1.79. The van der Waals surface area contributed by atoms with E-state index in [1.165, 1.54) is 10.3 Å². The molecule has 0 radical (unpaired) electrons. The lowest BCUT2D eigenvalue weighted by Gasteiger charge is -2.05. The van der Waals surface area contributed by atoms with Gasteiger partial charge >= 0.3 is 0 Å². The third-order valence-electron chi connectivity index (χ3n) is 2.72. The Hall–Kier alpha value is -1.10. The molecule has 0 aliphatic rings.